The van der Waals surface area contributed by atoms with Gasteiger partial charge in [0, 0.05) is 31.2 Å². The first-order valence-corrected chi connectivity index (χ1v) is 13.7. The van der Waals surface area contributed by atoms with Crippen molar-refractivity contribution in [1.82, 2.24) is 29.2 Å². The third-order valence-electron chi connectivity index (χ3n) is 8.03. The van der Waals surface area contributed by atoms with Crippen LogP contribution in [0, 0.1) is 19.8 Å². The van der Waals surface area contributed by atoms with Gasteiger partial charge in [0.15, 0.2) is 0 Å². The number of carbonyl (C=O) groups is 1. The number of para-hydroxylation sites is 2. The summed E-state index contributed by atoms with van der Waals surface area (Å²) in [4.78, 5) is 30.9. The number of imidazole rings is 1. The first-order valence-electron chi connectivity index (χ1n) is 13.4. The summed E-state index contributed by atoms with van der Waals surface area (Å²) >= 11 is 6.05. The molecule has 0 spiro atoms. The van der Waals surface area contributed by atoms with Crippen LogP contribution in [0.25, 0.3) is 27.6 Å². The maximum Gasteiger partial charge on any atom is 0.333 e. The van der Waals surface area contributed by atoms with Crippen LogP contribution in [-0.4, -0.2) is 35.8 Å². The summed E-state index contributed by atoms with van der Waals surface area (Å²) in [5.74, 6) is 0.220. The number of halogens is 1. The second kappa shape index (κ2) is 10.0. The highest BCUT2D eigenvalue weighted by Crippen LogP contribution is 2.28. The monoisotopic (exact) mass is 542 g/mol. The lowest BCUT2D eigenvalue weighted by Gasteiger charge is -2.29. The number of hydrogen-bond acceptors (Lipinski definition) is 4. The highest BCUT2D eigenvalue weighted by atomic mass is 35.5. The lowest BCUT2D eigenvalue weighted by molar-refractivity contribution is 0.0919. The van der Waals surface area contributed by atoms with Crippen molar-refractivity contribution in [2.24, 2.45) is 13.0 Å². The van der Waals surface area contributed by atoms with Gasteiger partial charge in [0.1, 0.15) is 0 Å². The van der Waals surface area contributed by atoms with Crippen molar-refractivity contribution >= 4 is 39.4 Å². The molecule has 1 saturated carbocycles. The summed E-state index contributed by atoms with van der Waals surface area (Å²) < 4.78 is 5.59. The summed E-state index contributed by atoms with van der Waals surface area (Å²) in [6.07, 6.45) is 5.16. The lowest BCUT2D eigenvalue weighted by Crippen LogP contribution is -2.39. The smallest absolute Gasteiger partial charge is 0.333 e. The van der Waals surface area contributed by atoms with Gasteiger partial charge in [-0.15, -0.1) is 0 Å². The maximum absolute atomic E-state index is 13.8. The number of amides is 1. The Balaban J connectivity index is 1.22. The fraction of sp³-hybridized carbons (Fsp3) is 0.333. The van der Waals surface area contributed by atoms with Gasteiger partial charge in [0.05, 0.1) is 44.2 Å². The van der Waals surface area contributed by atoms with Gasteiger partial charge in [-0.2, -0.15) is 5.10 Å². The molecule has 6 rings (SSSR count). The van der Waals surface area contributed by atoms with Gasteiger partial charge in [-0.25, -0.2) is 4.79 Å². The van der Waals surface area contributed by atoms with Gasteiger partial charge >= 0.3 is 5.69 Å². The van der Waals surface area contributed by atoms with Crippen molar-refractivity contribution < 1.29 is 4.79 Å². The third kappa shape index (κ3) is 4.63. The topological polar surface area (TPSA) is 86.7 Å². The van der Waals surface area contributed by atoms with E-state index in [2.05, 4.69) is 15.4 Å². The predicted octanol–water partition coefficient (Wildman–Crippen LogP) is 5.33. The second-order valence-corrected chi connectivity index (χ2v) is 11.0. The molecule has 9 heteroatoms. The summed E-state index contributed by atoms with van der Waals surface area (Å²) in [6.45, 7) is 4.46. The zero-order valence-electron chi connectivity index (χ0n) is 22.3. The molecule has 0 saturated heterocycles. The highest BCUT2D eigenvalue weighted by molar-refractivity contribution is 6.30. The van der Waals surface area contributed by atoms with Crippen LogP contribution in [0.1, 0.15) is 47.4 Å². The minimum Gasteiger partial charge on any atom is -0.349 e. The number of aromatic nitrogens is 5. The SMILES string of the molecule is Cc1ncc(Cl)cc1C(=O)N[C@H]1CC[C@H](Cn2c(=O)n(-c3ccc4c(C)nn(C)c4c3)c3ccccc32)CC1. The Morgan fingerprint density at radius 2 is 1.74 bits per heavy atom. The fourth-order valence-corrected chi connectivity index (χ4v) is 6.11. The Bertz CT molecular complexity index is 1770. The van der Waals surface area contributed by atoms with E-state index in [0.717, 1.165) is 59.0 Å². The molecule has 0 unspecified atom stereocenters. The Kier molecular flexibility index (Phi) is 6.51. The van der Waals surface area contributed by atoms with Crippen molar-refractivity contribution in [3.05, 3.63) is 87.2 Å². The number of benzene rings is 2. The molecule has 1 aliphatic rings. The number of aryl methyl sites for hydroxylation is 3. The molecule has 0 radical (unpaired) electrons. The van der Waals surface area contributed by atoms with Crippen molar-refractivity contribution in [1.29, 1.82) is 0 Å². The van der Waals surface area contributed by atoms with Crippen molar-refractivity contribution in [3.8, 4) is 5.69 Å². The zero-order valence-corrected chi connectivity index (χ0v) is 23.1. The molecule has 1 amide bonds. The van der Waals surface area contributed by atoms with Crippen LogP contribution in [0.2, 0.25) is 5.02 Å². The second-order valence-electron chi connectivity index (χ2n) is 10.6. The molecule has 0 bridgehead atoms. The van der Waals surface area contributed by atoms with Crippen LogP contribution >= 0.6 is 11.6 Å². The molecule has 3 aromatic heterocycles. The average Bonchev–Trinajstić information content (AvgIpc) is 3.37. The van der Waals surface area contributed by atoms with Gasteiger partial charge in [0.2, 0.25) is 0 Å². The number of carbonyl (C=O) groups excluding carboxylic acids is 1. The molecule has 1 aliphatic carbocycles. The Labute approximate surface area is 231 Å². The number of nitrogens with zero attached hydrogens (tertiary/aromatic N) is 5. The van der Waals surface area contributed by atoms with E-state index in [1.54, 1.807) is 12.3 Å². The van der Waals surface area contributed by atoms with E-state index in [-0.39, 0.29) is 17.6 Å². The van der Waals surface area contributed by atoms with E-state index in [1.807, 2.05) is 77.2 Å². The number of fused-ring (bicyclic) bond motifs is 2. The van der Waals surface area contributed by atoms with Crippen LogP contribution in [-0.2, 0) is 13.6 Å². The molecule has 1 N–H and O–H groups in total. The van der Waals surface area contributed by atoms with Crippen LogP contribution in [0.4, 0.5) is 0 Å². The van der Waals surface area contributed by atoms with Crippen LogP contribution in [0.5, 0.6) is 0 Å². The molecule has 39 heavy (non-hydrogen) atoms. The molecular formula is C30H31ClN6O2. The van der Waals surface area contributed by atoms with Crippen LogP contribution in [0.3, 0.4) is 0 Å². The standard InChI is InChI=1S/C30H31ClN6O2/c1-18-25(14-21(31)16-32-18)29(38)33-22-10-8-20(9-11-22)17-36-26-6-4-5-7-27(26)37(30(36)39)23-12-13-24-19(2)34-35(3)28(24)15-23/h4-7,12-16,20,22H,8-11,17H2,1-3H3,(H,33,38)/t20-,22-. The Morgan fingerprint density at radius 3 is 2.51 bits per heavy atom. The quantitative estimate of drug-likeness (QED) is 0.325. The summed E-state index contributed by atoms with van der Waals surface area (Å²) in [7, 11) is 1.93. The normalized spacial score (nSPS) is 17.6. The highest BCUT2D eigenvalue weighted by Gasteiger charge is 2.26. The van der Waals surface area contributed by atoms with Crippen molar-refractivity contribution in [2.75, 3.05) is 0 Å². The van der Waals surface area contributed by atoms with Crippen LogP contribution in [0.15, 0.2) is 59.5 Å². The molecule has 5 aromatic rings. The largest absolute Gasteiger partial charge is 0.349 e. The molecule has 8 nitrogen and oxygen atoms in total. The van der Waals surface area contributed by atoms with Crippen molar-refractivity contribution in [3.63, 3.8) is 0 Å². The number of hydrogen-bond donors (Lipinski definition) is 1. The zero-order chi connectivity index (χ0) is 27.3. The minimum atomic E-state index is -0.133. The van der Waals surface area contributed by atoms with Gasteiger partial charge in [-0.1, -0.05) is 23.7 Å². The third-order valence-corrected chi connectivity index (χ3v) is 8.24. The lowest BCUT2D eigenvalue weighted by atomic mass is 9.85. The average molecular weight is 543 g/mol. The minimum absolute atomic E-state index is 0.0335. The van der Waals surface area contributed by atoms with Crippen molar-refractivity contribution in [2.45, 2.75) is 52.1 Å². The number of nitrogens with one attached hydrogen (secondary N) is 1. The molecule has 3 heterocycles. The van der Waals surface area contributed by atoms with E-state index in [9.17, 15) is 9.59 Å². The fourth-order valence-electron chi connectivity index (χ4n) is 5.95. The number of rotatable bonds is 5. The van der Waals surface area contributed by atoms with E-state index in [4.69, 9.17) is 11.6 Å². The molecule has 200 valence electrons. The summed E-state index contributed by atoms with van der Waals surface area (Å²) in [5.41, 5.74) is 5.78. The molecule has 1 fully saturated rings. The molecule has 2 aromatic carbocycles. The van der Waals surface area contributed by atoms with Gasteiger partial charge in [-0.05, 0) is 81.8 Å². The van der Waals surface area contributed by atoms with E-state index < -0.39 is 0 Å². The Morgan fingerprint density at radius 1 is 1.00 bits per heavy atom. The van der Waals surface area contributed by atoms with E-state index in [0.29, 0.717) is 28.7 Å². The summed E-state index contributed by atoms with van der Waals surface area (Å²) in [5, 5.41) is 9.23. The molecule has 0 atom stereocenters. The van der Waals surface area contributed by atoms with E-state index in [1.165, 1.54) is 0 Å². The predicted molar refractivity (Wildman–Crippen MR) is 154 cm³/mol. The molecule has 0 aliphatic heterocycles. The Hall–Kier alpha value is -3.91. The van der Waals surface area contributed by atoms with Crippen LogP contribution < -0.4 is 11.0 Å². The number of pyridine rings is 1. The van der Waals surface area contributed by atoms with Gasteiger partial charge in [0.25, 0.3) is 5.91 Å². The summed E-state index contributed by atoms with van der Waals surface area (Å²) in [6, 6.07) is 15.8. The van der Waals surface area contributed by atoms with Gasteiger partial charge in [-0.3, -0.25) is 23.6 Å². The van der Waals surface area contributed by atoms with E-state index >= 15 is 0 Å². The molecular weight excluding hydrogens is 512 g/mol. The first-order chi connectivity index (χ1) is 18.8. The van der Waals surface area contributed by atoms with Gasteiger partial charge < -0.3 is 5.32 Å². The maximum atomic E-state index is 13.8. The first kappa shape index (κ1) is 25.4.